The van der Waals surface area contributed by atoms with Gasteiger partial charge in [0, 0.05) is 41.8 Å². The molecule has 0 spiro atoms. The highest BCUT2D eigenvalue weighted by atomic mass is 35.5. The topological polar surface area (TPSA) is 37.3 Å². The largest absolute Gasteiger partial charge is 0.379 e. The maximum Gasteiger partial charge on any atom is 0.271 e. The molecule has 0 saturated heterocycles. The second-order valence-electron chi connectivity index (χ2n) is 6.77. The van der Waals surface area contributed by atoms with Crippen LogP contribution >= 0.6 is 11.6 Å². The molecule has 1 aromatic heterocycles. The highest BCUT2D eigenvalue weighted by molar-refractivity contribution is 6.30. The second kappa shape index (κ2) is 5.36. The molecule has 2 aromatic rings. The molecule has 1 fully saturated rings. The highest BCUT2D eigenvalue weighted by Crippen LogP contribution is 2.43. The van der Waals surface area contributed by atoms with E-state index in [-0.39, 0.29) is 5.91 Å². The molecule has 1 aromatic carbocycles. The van der Waals surface area contributed by atoms with Crippen LogP contribution in [0, 0.1) is 5.82 Å². The lowest BCUT2D eigenvalue weighted by Crippen LogP contribution is -2.41. The molecule has 0 bridgehead atoms. The van der Waals surface area contributed by atoms with Gasteiger partial charge in [-0.2, -0.15) is 0 Å². The van der Waals surface area contributed by atoms with Crippen LogP contribution < -0.4 is 5.32 Å². The van der Waals surface area contributed by atoms with Gasteiger partial charge in [-0.1, -0.05) is 17.7 Å². The van der Waals surface area contributed by atoms with Crippen molar-refractivity contribution in [2.24, 2.45) is 0 Å². The van der Waals surface area contributed by atoms with Gasteiger partial charge in [0.05, 0.1) is 11.4 Å². The summed E-state index contributed by atoms with van der Waals surface area (Å²) in [7, 11) is 0. The van der Waals surface area contributed by atoms with Gasteiger partial charge in [0.1, 0.15) is 11.5 Å². The van der Waals surface area contributed by atoms with Crippen LogP contribution in [-0.4, -0.2) is 34.5 Å². The number of nitrogens with one attached hydrogen (secondary N) is 1. The number of fused-ring (bicyclic) bond motifs is 3. The van der Waals surface area contributed by atoms with E-state index in [1.54, 1.807) is 12.1 Å². The molecule has 0 unspecified atom stereocenters. The summed E-state index contributed by atoms with van der Waals surface area (Å²) in [5.41, 5.74) is 3.45. The molecular weight excluding hydrogens is 341 g/mol. The van der Waals surface area contributed by atoms with Crippen molar-refractivity contribution >= 4 is 29.3 Å². The Kier molecular flexibility index (Phi) is 3.22. The lowest BCUT2D eigenvalue weighted by Gasteiger charge is -2.29. The van der Waals surface area contributed by atoms with Crippen LogP contribution in [0.1, 0.15) is 29.0 Å². The monoisotopic (exact) mass is 357 g/mol. The van der Waals surface area contributed by atoms with Gasteiger partial charge >= 0.3 is 0 Å². The number of aromatic nitrogens is 1. The van der Waals surface area contributed by atoms with E-state index in [1.807, 2.05) is 21.6 Å². The van der Waals surface area contributed by atoms with Gasteiger partial charge < -0.3 is 14.8 Å². The average molecular weight is 358 g/mol. The van der Waals surface area contributed by atoms with Crippen LogP contribution in [0.4, 0.5) is 10.1 Å². The van der Waals surface area contributed by atoms with Crippen molar-refractivity contribution in [2.45, 2.75) is 25.4 Å². The van der Waals surface area contributed by atoms with Crippen molar-refractivity contribution < 1.29 is 9.18 Å². The predicted octanol–water partition coefficient (Wildman–Crippen LogP) is 4.00. The van der Waals surface area contributed by atoms with Crippen LogP contribution in [0.3, 0.4) is 0 Å². The molecule has 3 aliphatic rings. The number of hydrogen-bond donors (Lipinski definition) is 1. The van der Waals surface area contributed by atoms with Crippen molar-refractivity contribution in [2.75, 3.05) is 18.4 Å². The van der Waals surface area contributed by atoms with E-state index < -0.39 is 5.82 Å². The first-order valence-electron chi connectivity index (χ1n) is 8.58. The van der Waals surface area contributed by atoms with Crippen LogP contribution in [-0.2, 0) is 6.54 Å². The van der Waals surface area contributed by atoms with Crippen molar-refractivity contribution in [3.05, 3.63) is 46.5 Å². The normalized spacial score (nSPS) is 18.8. The Balaban J connectivity index is 1.76. The van der Waals surface area contributed by atoms with Gasteiger partial charge in [-0.25, -0.2) is 4.39 Å². The summed E-state index contributed by atoms with van der Waals surface area (Å²) in [6, 6.07) is 4.98. The maximum absolute atomic E-state index is 14.7. The minimum atomic E-state index is -0.406. The van der Waals surface area contributed by atoms with Gasteiger partial charge in [0.15, 0.2) is 0 Å². The number of amides is 1. The molecule has 1 aliphatic carbocycles. The molecule has 4 nitrogen and oxygen atoms in total. The molecule has 0 atom stereocenters. The molecule has 2 aliphatic heterocycles. The molecule has 128 valence electrons. The zero-order valence-electron chi connectivity index (χ0n) is 13.6. The van der Waals surface area contributed by atoms with Crippen molar-refractivity contribution in [1.29, 1.82) is 0 Å². The summed E-state index contributed by atoms with van der Waals surface area (Å²) < 4.78 is 16.7. The van der Waals surface area contributed by atoms with Crippen molar-refractivity contribution in [3.63, 3.8) is 0 Å². The number of anilines is 1. The summed E-state index contributed by atoms with van der Waals surface area (Å²) >= 11 is 5.92. The molecule has 3 heterocycles. The van der Waals surface area contributed by atoms with Crippen molar-refractivity contribution in [1.82, 2.24) is 9.47 Å². The van der Waals surface area contributed by atoms with E-state index in [2.05, 4.69) is 5.32 Å². The maximum atomic E-state index is 14.7. The molecule has 5 rings (SSSR count). The Morgan fingerprint density at radius 3 is 2.84 bits per heavy atom. The predicted molar refractivity (Wildman–Crippen MR) is 96.4 cm³/mol. The van der Waals surface area contributed by atoms with Gasteiger partial charge in [-0.15, -0.1) is 0 Å². The van der Waals surface area contributed by atoms with Crippen LogP contribution in [0.2, 0.25) is 5.02 Å². The number of benzene rings is 1. The smallest absolute Gasteiger partial charge is 0.271 e. The van der Waals surface area contributed by atoms with E-state index in [9.17, 15) is 9.18 Å². The average Bonchev–Trinajstić information content (AvgIpc) is 3.38. The van der Waals surface area contributed by atoms with E-state index in [4.69, 9.17) is 11.6 Å². The summed E-state index contributed by atoms with van der Waals surface area (Å²) in [5.74, 6) is -0.404. The molecular formula is C19H17ClFN3O. The van der Waals surface area contributed by atoms with Gasteiger partial charge in [0.2, 0.25) is 0 Å². The zero-order valence-corrected chi connectivity index (χ0v) is 14.3. The summed E-state index contributed by atoms with van der Waals surface area (Å²) in [4.78, 5) is 15.1. The number of hydrogen-bond acceptors (Lipinski definition) is 2. The third kappa shape index (κ3) is 2.22. The first-order valence-corrected chi connectivity index (χ1v) is 8.96. The standard InChI is InChI=1S/C19H17ClFN3O/c20-11-3-6-13(14(21)10-11)16-17-15(2-1-7-22-17)24-9-8-23(12-4-5-12)19(25)18(16)24/h1-3,6,10,12,22H,4-5,7-9H2. The number of nitrogens with zero attached hydrogens (tertiary/aromatic N) is 2. The summed E-state index contributed by atoms with van der Waals surface area (Å²) in [6.45, 7) is 2.12. The Morgan fingerprint density at radius 1 is 1.24 bits per heavy atom. The van der Waals surface area contributed by atoms with Gasteiger partial charge in [0.25, 0.3) is 5.91 Å². The first-order chi connectivity index (χ1) is 12.1. The number of halogens is 2. The summed E-state index contributed by atoms with van der Waals surface area (Å²) in [5, 5.41) is 3.68. The highest BCUT2D eigenvalue weighted by Gasteiger charge is 2.40. The third-order valence-electron chi connectivity index (χ3n) is 5.19. The van der Waals surface area contributed by atoms with Gasteiger partial charge in [-0.3, -0.25) is 4.79 Å². The fourth-order valence-corrected chi connectivity index (χ4v) is 4.07. The van der Waals surface area contributed by atoms with Crippen molar-refractivity contribution in [3.8, 4) is 11.1 Å². The quantitative estimate of drug-likeness (QED) is 0.882. The van der Waals surface area contributed by atoms with Gasteiger partial charge in [-0.05, 0) is 37.1 Å². The van der Waals surface area contributed by atoms with Crippen LogP contribution in [0.25, 0.3) is 17.2 Å². The molecule has 25 heavy (non-hydrogen) atoms. The Bertz CT molecular complexity index is 929. The zero-order chi connectivity index (χ0) is 17.1. The SMILES string of the molecule is O=C1c2c(-c3ccc(Cl)cc3F)c3c(n2CCN1C1CC1)C=CCN3. The van der Waals surface area contributed by atoms with E-state index >= 15 is 0 Å². The third-order valence-corrected chi connectivity index (χ3v) is 5.43. The van der Waals surface area contributed by atoms with Crippen LogP contribution in [0.5, 0.6) is 0 Å². The van der Waals surface area contributed by atoms with E-state index in [0.717, 1.165) is 30.8 Å². The van der Waals surface area contributed by atoms with Crippen LogP contribution in [0.15, 0.2) is 24.3 Å². The first kappa shape index (κ1) is 15.0. The number of rotatable bonds is 2. The molecule has 1 N–H and O–H groups in total. The van der Waals surface area contributed by atoms with E-state index in [0.29, 0.717) is 41.0 Å². The minimum Gasteiger partial charge on any atom is -0.379 e. The van der Waals surface area contributed by atoms with E-state index in [1.165, 1.54) is 6.07 Å². The Labute approximate surface area is 149 Å². The Hall–Kier alpha value is -2.27. The molecule has 6 heteroatoms. The second-order valence-corrected chi connectivity index (χ2v) is 7.21. The number of carbonyl (C=O) groups is 1. The summed E-state index contributed by atoms with van der Waals surface area (Å²) in [6.07, 6.45) is 6.17. The lowest BCUT2D eigenvalue weighted by molar-refractivity contribution is 0.0691. The Morgan fingerprint density at radius 2 is 2.08 bits per heavy atom. The number of carbonyl (C=O) groups excluding carboxylic acids is 1. The fraction of sp³-hybridized carbons (Fsp3) is 0.316. The molecule has 1 saturated carbocycles. The minimum absolute atomic E-state index is 0.00250. The molecule has 1 amide bonds. The molecule has 0 radical (unpaired) electrons. The fourth-order valence-electron chi connectivity index (χ4n) is 3.91. The lowest BCUT2D eigenvalue weighted by atomic mass is 10.0.